The Bertz CT molecular complexity index is 674. The third-order valence-electron chi connectivity index (χ3n) is 4.53. The molecule has 0 unspecified atom stereocenters. The molecule has 2 heterocycles. The zero-order chi connectivity index (χ0) is 16.9. The zero-order valence-corrected chi connectivity index (χ0v) is 14.2. The van der Waals surface area contributed by atoms with E-state index in [1.54, 1.807) is 19.2 Å². The summed E-state index contributed by atoms with van der Waals surface area (Å²) < 4.78 is 10.6. The first-order valence-corrected chi connectivity index (χ1v) is 8.37. The van der Waals surface area contributed by atoms with Crippen LogP contribution in [0.2, 0.25) is 0 Å². The fraction of sp³-hybridized carbons (Fsp3) is 0.421. The first-order chi connectivity index (χ1) is 11.7. The van der Waals surface area contributed by atoms with E-state index < -0.39 is 0 Å². The Morgan fingerprint density at radius 2 is 2.12 bits per heavy atom. The van der Waals surface area contributed by atoms with Crippen molar-refractivity contribution in [2.24, 2.45) is 0 Å². The number of furan rings is 1. The van der Waals surface area contributed by atoms with Crippen molar-refractivity contribution in [1.82, 2.24) is 10.2 Å². The van der Waals surface area contributed by atoms with Crippen molar-refractivity contribution in [3.63, 3.8) is 0 Å². The summed E-state index contributed by atoms with van der Waals surface area (Å²) in [6, 6.07) is 10.1. The molecule has 1 aliphatic rings. The summed E-state index contributed by atoms with van der Waals surface area (Å²) in [5.74, 6) is 1.32. The lowest BCUT2D eigenvalue weighted by Crippen LogP contribution is -2.44. The molecular formula is C19H24N2O3. The minimum absolute atomic E-state index is 0.0150. The molecule has 2 aromatic rings. The van der Waals surface area contributed by atoms with Gasteiger partial charge in [0.05, 0.1) is 13.4 Å². The lowest BCUT2D eigenvalue weighted by atomic mass is 10.0. The topological polar surface area (TPSA) is 54.7 Å². The maximum atomic E-state index is 12.3. The fourth-order valence-corrected chi connectivity index (χ4v) is 3.14. The van der Waals surface area contributed by atoms with Gasteiger partial charge in [0.2, 0.25) is 0 Å². The molecule has 1 N–H and O–H groups in total. The number of aryl methyl sites for hydroxylation is 1. The van der Waals surface area contributed by atoms with Gasteiger partial charge in [-0.05, 0) is 38.0 Å². The van der Waals surface area contributed by atoms with Crippen molar-refractivity contribution in [1.29, 1.82) is 0 Å². The van der Waals surface area contributed by atoms with E-state index in [0.29, 0.717) is 11.8 Å². The van der Waals surface area contributed by atoms with Gasteiger partial charge in [-0.2, -0.15) is 0 Å². The number of nitrogens with one attached hydrogen (secondary N) is 1. The average Bonchev–Trinajstić information content (AvgIpc) is 3.14. The first-order valence-electron chi connectivity index (χ1n) is 8.37. The number of methoxy groups -OCH3 is 1. The van der Waals surface area contributed by atoms with Gasteiger partial charge in [-0.15, -0.1) is 0 Å². The van der Waals surface area contributed by atoms with Gasteiger partial charge in [-0.25, -0.2) is 0 Å². The van der Waals surface area contributed by atoms with E-state index in [9.17, 15) is 4.79 Å². The average molecular weight is 328 g/mol. The molecule has 0 radical (unpaired) electrons. The highest BCUT2D eigenvalue weighted by Crippen LogP contribution is 2.21. The highest BCUT2D eigenvalue weighted by Gasteiger charge is 2.24. The van der Waals surface area contributed by atoms with Crippen molar-refractivity contribution in [3.05, 3.63) is 53.5 Å². The number of likely N-dealkylation sites (tertiary alicyclic amines) is 1. The molecule has 3 rings (SSSR count). The quantitative estimate of drug-likeness (QED) is 0.917. The van der Waals surface area contributed by atoms with Gasteiger partial charge in [0.25, 0.3) is 5.91 Å². The summed E-state index contributed by atoms with van der Waals surface area (Å²) in [6.07, 6.45) is 3.43. The maximum absolute atomic E-state index is 12.3. The lowest BCUT2D eigenvalue weighted by Gasteiger charge is -2.32. The number of rotatable bonds is 5. The second kappa shape index (κ2) is 7.53. The Hall–Kier alpha value is -2.27. The summed E-state index contributed by atoms with van der Waals surface area (Å²) in [6.45, 7) is 4.37. The first kappa shape index (κ1) is 16.6. The number of piperidine rings is 1. The van der Waals surface area contributed by atoms with Gasteiger partial charge in [0.1, 0.15) is 5.75 Å². The molecule has 0 bridgehead atoms. The molecular weight excluding hydrogens is 304 g/mol. The monoisotopic (exact) mass is 328 g/mol. The molecule has 0 spiro atoms. The lowest BCUT2D eigenvalue weighted by molar-refractivity contribution is 0.0672. The smallest absolute Gasteiger partial charge is 0.289 e. The molecule has 1 saturated heterocycles. The second-order valence-electron chi connectivity index (χ2n) is 6.24. The minimum Gasteiger partial charge on any atom is -0.496 e. The molecule has 1 aromatic heterocycles. The van der Waals surface area contributed by atoms with E-state index in [-0.39, 0.29) is 5.91 Å². The van der Waals surface area contributed by atoms with Crippen LogP contribution in [-0.4, -0.2) is 37.0 Å². The Labute approximate surface area is 142 Å². The number of ether oxygens (including phenoxy) is 1. The Kier molecular flexibility index (Phi) is 5.20. The van der Waals surface area contributed by atoms with E-state index in [4.69, 9.17) is 9.15 Å². The van der Waals surface area contributed by atoms with Gasteiger partial charge in [-0.1, -0.05) is 17.7 Å². The summed E-state index contributed by atoms with van der Waals surface area (Å²) in [4.78, 5) is 14.1. The number of carbonyl (C=O) groups is 1. The van der Waals surface area contributed by atoms with Crippen LogP contribution < -0.4 is 10.1 Å². The Balaban J connectivity index is 1.51. The summed E-state index contributed by atoms with van der Waals surface area (Å²) >= 11 is 0. The standard InChI is InChI=1S/C19H24N2O3/c1-14-5-6-17(23-2)15(12-14)13-20-16-7-9-21(10-8-16)19(22)18-4-3-11-24-18/h3-6,11-12,16,20H,7-10,13H2,1-2H3. The van der Waals surface area contributed by atoms with Crippen LogP contribution in [0.3, 0.4) is 0 Å². The molecule has 0 atom stereocenters. The zero-order valence-electron chi connectivity index (χ0n) is 14.2. The van der Waals surface area contributed by atoms with Crippen LogP contribution in [0.4, 0.5) is 0 Å². The maximum Gasteiger partial charge on any atom is 0.289 e. The number of nitrogens with zero attached hydrogens (tertiary/aromatic N) is 1. The van der Waals surface area contributed by atoms with Crippen LogP contribution in [-0.2, 0) is 6.54 Å². The van der Waals surface area contributed by atoms with Crippen LogP contribution in [0.15, 0.2) is 41.0 Å². The molecule has 5 nitrogen and oxygen atoms in total. The summed E-state index contributed by atoms with van der Waals surface area (Å²) in [7, 11) is 1.70. The summed E-state index contributed by atoms with van der Waals surface area (Å²) in [5.41, 5.74) is 2.40. The van der Waals surface area contributed by atoms with E-state index in [0.717, 1.165) is 38.2 Å². The van der Waals surface area contributed by atoms with E-state index >= 15 is 0 Å². The molecule has 128 valence electrons. The molecule has 24 heavy (non-hydrogen) atoms. The van der Waals surface area contributed by atoms with Crippen LogP contribution >= 0.6 is 0 Å². The van der Waals surface area contributed by atoms with Gasteiger partial charge in [0.15, 0.2) is 5.76 Å². The van der Waals surface area contributed by atoms with Crippen LogP contribution in [0.1, 0.15) is 34.5 Å². The number of amides is 1. The Morgan fingerprint density at radius 3 is 2.79 bits per heavy atom. The number of hydrogen-bond acceptors (Lipinski definition) is 4. The number of benzene rings is 1. The molecule has 0 saturated carbocycles. The molecule has 0 aliphatic carbocycles. The predicted octanol–water partition coefficient (Wildman–Crippen LogP) is 2.99. The molecule has 1 fully saturated rings. The largest absolute Gasteiger partial charge is 0.496 e. The van der Waals surface area contributed by atoms with Gasteiger partial charge in [-0.3, -0.25) is 4.79 Å². The normalized spacial score (nSPS) is 15.5. The van der Waals surface area contributed by atoms with Crippen LogP contribution in [0.25, 0.3) is 0 Å². The van der Waals surface area contributed by atoms with Crippen molar-refractivity contribution in [2.75, 3.05) is 20.2 Å². The molecule has 1 amide bonds. The molecule has 1 aliphatic heterocycles. The van der Waals surface area contributed by atoms with E-state index in [1.165, 1.54) is 17.4 Å². The van der Waals surface area contributed by atoms with E-state index in [2.05, 4.69) is 24.4 Å². The number of carbonyl (C=O) groups excluding carboxylic acids is 1. The third kappa shape index (κ3) is 3.79. The SMILES string of the molecule is COc1ccc(C)cc1CNC1CCN(C(=O)c2ccco2)CC1. The minimum atomic E-state index is -0.0150. The molecule has 1 aromatic carbocycles. The third-order valence-corrected chi connectivity index (χ3v) is 4.53. The van der Waals surface area contributed by atoms with Gasteiger partial charge in [0, 0.05) is 31.2 Å². The van der Waals surface area contributed by atoms with Crippen molar-refractivity contribution < 1.29 is 13.9 Å². The summed E-state index contributed by atoms with van der Waals surface area (Å²) in [5, 5.41) is 3.59. The predicted molar refractivity (Wildman–Crippen MR) is 92.2 cm³/mol. The van der Waals surface area contributed by atoms with Gasteiger partial charge >= 0.3 is 0 Å². The van der Waals surface area contributed by atoms with Crippen molar-refractivity contribution in [2.45, 2.75) is 32.4 Å². The fourth-order valence-electron chi connectivity index (χ4n) is 3.14. The molecule has 5 heteroatoms. The van der Waals surface area contributed by atoms with Crippen molar-refractivity contribution in [3.8, 4) is 5.75 Å². The Morgan fingerprint density at radius 1 is 1.33 bits per heavy atom. The van der Waals surface area contributed by atoms with Crippen LogP contribution in [0, 0.1) is 6.92 Å². The second-order valence-corrected chi connectivity index (χ2v) is 6.24. The highest BCUT2D eigenvalue weighted by molar-refractivity contribution is 5.91. The van der Waals surface area contributed by atoms with Crippen molar-refractivity contribution >= 4 is 5.91 Å². The van der Waals surface area contributed by atoms with Crippen LogP contribution in [0.5, 0.6) is 5.75 Å². The van der Waals surface area contributed by atoms with Gasteiger partial charge < -0.3 is 19.4 Å². The number of hydrogen-bond donors (Lipinski definition) is 1. The van der Waals surface area contributed by atoms with E-state index in [1.807, 2.05) is 11.0 Å². The highest BCUT2D eigenvalue weighted by atomic mass is 16.5.